The van der Waals surface area contributed by atoms with Gasteiger partial charge in [-0.25, -0.2) is 15.0 Å². The smallest absolute Gasteiger partial charge is 0.164 e. The van der Waals surface area contributed by atoms with E-state index in [1.165, 1.54) is 187 Å². The maximum absolute atomic E-state index is 5.14. The first-order chi connectivity index (χ1) is 70.4. The van der Waals surface area contributed by atoms with Crippen LogP contribution in [0.15, 0.2) is 540 Å². The van der Waals surface area contributed by atoms with Crippen molar-refractivity contribution in [3.05, 3.63) is 540 Å². The van der Waals surface area contributed by atoms with Gasteiger partial charge in [-0.05, 0) is 250 Å². The monoisotopic (exact) mass is 1810 g/mol. The highest BCUT2D eigenvalue weighted by Crippen LogP contribution is 2.45. The van der Waals surface area contributed by atoms with Crippen LogP contribution in [0.3, 0.4) is 0 Å². The zero-order valence-corrected chi connectivity index (χ0v) is 77.5. The molecule has 7 heteroatoms. The maximum atomic E-state index is 5.14. The van der Waals surface area contributed by atoms with Crippen LogP contribution in [0, 0.1) is 0 Å². The molecule has 0 aliphatic heterocycles. The molecule has 0 aliphatic carbocycles. The minimum atomic E-state index is 0.640. The Labute approximate surface area is 821 Å². The minimum absolute atomic E-state index is 0.640. The van der Waals surface area contributed by atoms with Crippen LogP contribution in [-0.2, 0) is 0 Å². The normalized spacial score (nSPS) is 11.5. The van der Waals surface area contributed by atoms with E-state index in [-0.39, 0.29) is 0 Å². The second-order valence-corrected chi connectivity index (χ2v) is 36.5. The van der Waals surface area contributed by atoms with Crippen LogP contribution in [-0.4, -0.2) is 33.2 Å². The second-order valence-electron chi connectivity index (χ2n) is 36.5. The van der Waals surface area contributed by atoms with Crippen molar-refractivity contribution >= 4 is 120 Å². The SMILES string of the molecule is c1ccc(-c2ccc(-n3c4ccccc4c4cc(-c5ccc6c(c5)c5ccccc5n6-c5ccc(-c6ccccc6)cc5)ccc43)cc2)cc1.c1ccc(-c2ccc(-n3c4ccccc4c4cc(-c5ccc6c(c5)c5ccccc5n6-c5ccccc5)ccc43)cc2)cc1.c1ccc(-c2cccc(-c3nc(-c4cccc(-c5ccccc5)c4)nc(-c4ccc5c6ccccc6c6ccccc6c5c4)n3)c2)cc1. The Kier molecular flexibility index (Phi) is 21.2. The summed E-state index contributed by atoms with van der Waals surface area (Å²) in [4.78, 5) is 15.4. The van der Waals surface area contributed by atoms with Crippen molar-refractivity contribution in [3.8, 4) is 135 Å². The molecule has 0 aliphatic rings. The van der Waals surface area contributed by atoms with Gasteiger partial charge < -0.3 is 18.3 Å². The largest absolute Gasteiger partial charge is 0.309 e. The van der Waals surface area contributed by atoms with Gasteiger partial charge in [0, 0.05) is 82.5 Å². The van der Waals surface area contributed by atoms with Crippen LogP contribution in [0.5, 0.6) is 0 Å². The van der Waals surface area contributed by atoms with Crippen LogP contribution in [0.1, 0.15) is 0 Å². The summed E-state index contributed by atoms with van der Waals surface area (Å²) in [6.45, 7) is 0. The third-order valence-electron chi connectivity index (χ3n) is 28.2. The number of nitrogens with zero attached hydrogens (tertiary/aromatic N) is 7. The van der Waals surface area contributed by atoms with Crippen molar-refractivity contribution in [1.82, 2.24) is 33.2 Å². The highest BCUT2D eigenvalue weighted by atomic mass is 15.0. The van der Waals surface area contributed by atoms with Crippen molar-refractivity contribution in [1.29, 1.82) is 0 Å². The van der Waals surface area contributed by atoms with Gasteiger partial charge in [-0.15, -0.1) is 0 Å². The molecule has 0 saturated heterocycles. The number of hydrogen-bond donors (Lipinski definition) is 0. The number of fused-ring (bicyclic) bond motifs is 18. The average Bonchev–Trinajstić information content (AvgIpc) is 1.60. The maximum Gasteiger partial charge on any atom is 0.164 e. The summed E-state index contributed by atoms with van der Waals surface area (Å²) in [6.07, 6.45) is 0. The molecule has 5 aromatic heterocycles. The van der Waals surface area contributed by atoms with Crippen LogP contribution in [0.2, 0.25) is 0 Å². The fraction of sp³-hybridized carbons (Fsp3) is 0. The standard InChI is InChI=1S/C48H32N2.C45H29N3.C42H28N2/c1-3-11-33(12-4-1)35-19-25-39(26-20-35)49-45-17-9-7-15-41(45)43-31-37(23-29-47(43)49)38-24-30-48-44(32-38)42-16-8-10-18-46(42)50(48)40-27-21-36(22-28-40)34-13-5-2-6-14-34;1-3-13-30(14-4-1)32-17-11-19-34(27-32)43-46-44(35-20-12-18-33(28-35)31-15-5-2-6-16-31)48-45(47-43)36-25-26-41-39-23-8-7-21-37(39)38-22-9-10-24-40(38)42(41)29-36;1-3-11-29(12-4-1)30-19-23-34(24-20-30)44-40-18-10-8-16-36(40)38-28-32(22-26-42(38)44)31-21-25-41-37(27-31)35-15-7-9-17-39(35)43(41)33-13-5-2-6-14-33/h1-32H;1-29H;1-28H. The summed E-state index contributed by atoms with van der Waals surface area (Å²) in [5, 5.41) is 17.4. The lowest BCUT2D eigenvalue weighted by Crippen LogP contribution is -2.00. The van der Waals surface area contributed by atoms with Crippen molar-refractivity contribution in [2.45, 2.75) is 0 Å². The van der Waals surface area contributed by atoms with E-state index in [4.69, 9.17) is 15.0 Å². The van der Waals surface area contributed by atoms with E-state index in [1.54, 1.807) is 0 Å². The summed E-state index contributed by atoms with van der Waals surface area (Å²) in [5.74, 6) is 1.92. The third kappa shape index (κ3) is 15.3. The molecule has 0 unspecified atom stereocenters. The third-order valence-corrected chi connectivity index (χ3v) is 28.2. The zero-order valence-electron chi connectivity index (χ0n) is 77.5. The van der Waals surface area contributed by atoms with Gasteiger partial charge in [-0.1, -0.05) is 400 Å². The molecule has 28 aromatic rings. The summed E-state index contributed by atoms with van der Waals surface area (Å²) < 4.78 is 9.54. The Hall–Kier alpha value is -19.0. The number of hydrogen-bond acceptors (Lipinski definition) is 3. The van der Waals surface area contributed by atoms with Crippen LogP contribution in [0.4, 0.5) is 0 Å². The predicted octanol–water partition coefficient (Wildman–Crippen LogP) is 35.8. The van der Waals surface area contributed by atoms with Crippen LogP contribution in [0.25, 0.3) is 254 Å². The van der Waals surface area contributed by atoms with Gasteiger partial charge in [0.05, 0.1) is 44.1 Å². The number of benzene rings is 23. The first-order valence-corrected chi connectivity index (χ1v) is 48.5. The summed E-state index contributed by atoms with van der Waals surface area (Å²) in [5.41, 5.74) is 34.0. The highest BCUT2D eigenvalue weighted by molar-refractivity contribution is 6.26. The molecule has 0 bridgehead atoms. The Bertz CT molecular complexity index is 9330. The lowest BCUT2D eigenvalue weighted by molar-refractivity contribution is 1.07. The van der Waals surface area contributed by atoms with E-state index in [0.29, 0.717) is 17.5 Å². The van der Waals surface area contributed by atoms with E-state index in [9.17, 15) is 0 Å². The molecule has 0 amide bonds. The number of aromatic nitrogens is 7. The van der Waals surface area contributed by atoms with Gasteiger partial charge in [-0.2, -0.15) is 0 Å². The topological polar surface area (TPSA) is 58.4 Å². The summed E-state index contributed by atoms with van der Waals surface area (Å²) in [7, 11) is 0. The Morgan fingerprint density at radius 2 is 0.275 bits per heavy atom. The van der Waals surface area contributed by atoms with Gasteiger partial charge in [0.1, 0.15) is 0 Å². The van der Waals surface area contributed by atoms with Gasteiger partial charge in [0.25, 0.3) is 0 Å². The lowest BCUT2D eigenvalue weighted by atomic mass is 9.93. The molecule has 0 N–H and O–H groups in total. The van der Waals surface area contributed by atoms with Crippen molar-refractivity contribution in [3.63, 3.8) is 0 Å². The molecular formula is C135H89N7. The first-order valence-electron chi connectivity index (χ1n) is 48.5. The van der Waals surface area contributed by atoms with Gasteiger partial charge in [0.2, 0.25) is 0 Å². The molecule has 23 aromatic carbocycles. The predicted molar refractivity (Wildman–Crippen MR) is 597 cm³/mol. The van der Waals surface area contributed by atoms with Crippen molar-refractivity contribution in [2.24, 2.45) is 0 Å². The molecule has 5 heterocycles. The van der Waals surface area contributed by atoms with Crippen LogP contribution >= 0.6 is 0 Å². The van der Waals surface area contributed by atoms with E-state index in [1.807, 2.05) is 12.1 Å². The Balaban J connectivity index is 0.000000109. The Morgan fingerprint density at radius 3 is 0.570 bits per heavy atom. The molecule has 0 saturated carbocycles. The van der Waals surface area contributed by atoms with Gasteiger partial charge in [0.15, 0.2) is 17.5 Å². The van der Waals surface area contributed by atoms with E-state index in [0.717, 1.165) is 50.3 Å². The molecule has 0 spiro atoms. The Morgan fingerprint density at radius 1 is 0.0986 bits per heavy atom. The quantitative estimate of drug-likeness (QED) is 0.102. The lowest BCUT2D eigenvalue weighted by Gasteiger charge is -2.13. The molecule has 0 radical (unpaired) electrons. The molecule has 0 atom stereocenters. The molecule has 664 valence electrons. The van der Waals surface area contributed by atoms with Crippen molar-refractivity contribution in [2.75, 3.05) is 0 Å². The summed E-state index contributed by atoms with van der Waals surface area (Å²) >= 11 is 0. The summed E-state index contributed by atoms with van der Waals surface area (Å²) in [6, 6.07) is 193. The van der Waals surface area contributed by atoms with Gasteiger partial charge in [-0.3, -0.25) is 0 Å². The van der Waals surface area contributed by atoms with Crippen LogP contribution < -0.4 is 0 Å². The van der Waals surface area contributed by atoms with E-state index < -0.39 is 0 Å². The first kappa shape index (κ1) is 83.6. The second kappa shape index (κ2) is 35.9. The molecule has 0 fully saturated rings. The van der Waals surface area contributed by atoms with Gasteiger partial charge >= 0.3 is 0 Å². The molecule has 142 heavy (non-hydrogen) atoms. The fourth-order valence-corrected chi connectivity index (χ4v) is 21.3. The minimum Gasteiger partial charge on any atom is -0.309 e. The van der Waals surface area contributed by atoms with E-state index >= 15 is 0 Å². The van der Waals surface area contributed by atoms with Crippen molar-refractivity contribution < 1.29 is 0 Å². The fourth-order valence-electron chi connectivity index (χ4n) is 21.3. The number of rotatable bonds is 14. The highest BCUT2D eigenvalue weighted by Gasteiger charge is 2.23. The molecule has 28 rings (SSSR count). The van der Waals surface area contributed by atoms with E-state index in [2.05, 4.69) is 546 Å². The number of para-hydroxylation sites is 5. The molecule has 7 nitrogen and oxygen atoms in total. The molecular weight excluding hydrogens is 1720 g/mol. The zero-order chi connectivity index (χ0) is 93.9. The average molecular weight is 1810 g/mol.